The van der Waals surface area contributed by atoms with Gasteiger partial charge in [0.05, 0.1) is 19.8 Å². The number of aliphatic hydroxyl groups excluding tert-OH is 1. The van der Waals surface area contributed by atoms with Crippen molar-refractivity contribution in [3.63, 3.8) is 0 Å². The maximum Gasteiger partial charge on any atom is 0.367 e. The Morgan fingerprint density at radius 2 is 2.14 bits per heavy atom. The van der Waals surface area contributed by atoms with Crippen LogP contribution in [-0.4, -0.2) is 59.7 Å². The first-order chi connectivity index (χ1) is 13.4. The second kappa shape index (κ2) is 10.6. The van der Waals surface area contributed by atoms with Gasteiger partial charge in [0, 0.05) is 23.1 Å². The lowest BCUT2D eigenvalue weighted by atomic mass is 10.2. The number of aliphatic hydroxyl groups is 1. The molecule has 1 aromatic rings. The third-order valence-corrected chi connectivity index (χ3v) is 5.46. The van der Waals surface area contributed by atoms with Crippen molar-refractivity contribution in [3.8, 4) is 11.9 Å². The van der Waals surface area contributed by atoms with Crippen LogP contribution >= 0.6 is 7.60 Å². The van der Waals surface area contributed by atoms with Crippen LogP contribution in [0.4, 0.5) is 0 Å². The van der Waals surface area contributed by atoms with E-state index in [9.17, 15) is 9.67 Å². The largest absolute Gasteiger partial charge is 0.464 e. The number of aryl methyl sites for hydroxylation is 1. The van der Waals surface area contributed by atoms with Crippen LogP contribution in [-0.2, 0) is 18.3 Å². The molecule has 3 atom stereocenters. The Bertz CT molecular complexity index is 735. The summed E-state index contributed by atoms with van der Waals surface area (Å²) >= 11 is 0. The van der Waals surface area contributed by atoms with Gasteiger partial charge in [-0.05, 0) is 26.3 Å². The summed E-state index contributed by atoms with van der Waals surface area (Å²) in [7, 11) is -3.40. The van der Waals surface area contributed by atoms with Gasteiger partial charge < -0.3 is 28.4 Å². The lowest BCUT2D eigenvalue weighted by Gasteiger charge is -2.19. The van der Waals surface area contributed by atoms with Gasteiger partial charge in [-0.1, -0.05) is 5.11 Å². The zero-order chi connectivity index (χ0) is 20.6. The van der Waals surface area contributed by atoms with E-state index in [1.165, 1.54) is 6.20 Å². The van der Waals surface area contributed by atoms with Crippen molar-refractivity contribution < 1.29 is 32.9 Å². The van der Waals surface area contributed by atoms with Crippen LogP contribution in [0.5, 0.6) is 11.9 Å². The van der Waals surface area contributed by atoms with E-state index in [-0.39, 0.29) is 44.5 Å². The monoisotopic (exact) mass is 417 g/mol. The summed E-state index contributed by atoms with van der Waals surface area (Å²) in [5, 5.41) is 12.9. The molecule has 1 aliphatic rings. The molecule has 0 radical (unpaired) electrons. The van der Waals surface area contributed by atoms with Gasteiger partial charge in [0.1, 0.15) is 18.4 Å². The summed E-state index contributed by atoms with van der Waals surface area (Å²) in [4.78, 5) is 10.9. The van der Waals surface area contributed by atoms with Gasteiger partial charge in [0.2, 0.25) is 5.88 Å². The summed E-state index contributed by atoms with van der Waals surface area (Å²) < 4.78 is 39.5. The molecule has 2 rings (SSSR count). The highest BCUT2D eigenvalue weighted by Gasteiger charge is 2.36. The molecule has 1 fully saturated rings. The van der Waals surface area contributed by atoms with Crippen molar-refractivity contribution in [2.45, 2.75) is 45.6 Å². The van der Waals surface area contributed by atoms with Crippen LogP contribution in [0.3, 0.4) is 0 Å². The molecular formula is C15H24N5O7P. The van der Waals surface area contributed by atoms with E-state index in [1.54, 1.807) is 20.8 Å². The van der Waals surface area contributed by atoms with Gasteiger partial charge in [-0.3, -0.25) is 4.57 Å². The summed E-state index contributed by atoms with van der Waals surface area (Å²) in [5.41, 5.74) is 9.12. The van der Waals surface area contributed by atoms with Crippen molar-refractivity contribution in [3.05, 3.63) is 22.2 Å². The van der Waals surface area contributed by atoms with E-state index in [2.05, 4.69) is 20.0 Å². The zero-order valence-electron chi connectivity index (χ0n) is 15.9. The molecule has 156 valence electrons. The molecule has 0 amide bonds. The van der Waals surface area contributed by atoms with E-state index in [0.717, 1.165) is 0 Å². The van der Waals surface area contributed by atoms with Crippen molar-refractivity contribution in [1.29, 1.82) is 0 Å². The molecule has 0 aliphatic carbocycles. The minimum atomic E-state index is -3.40. The molecule has 1 aliphatic heterocycles. The third kappa shape index (κ3) is 6.03. The van der Waals surface area contributed by atoms with Crippen molar-refractivity contribution in [1.82, 2.24) is 9.97 Å². The summed E-state index contributed by atoms with van der Waals surface area (Å²) in [5.74, 6) is 0.163. The Balaban J connectivity index is 2.08. The topological polar surface area (TPSA) is 158 Å². The normalized spacial score (nSPS) is 21.9. The second-order valence-electron chi connectivity index (χ2n) is 5.77. The molecular weight excluding hydrogens is 393 g/mol. The predicted molar refractivity (Wildman–Crippen MR) is 97.0 cm³/mol. The highest BCUT2D eigenvalue weighted by molar-refractivity contribution is 7.53. The predicted octanol–water partition coefficient (Wildman–Crippen LogP) is 2.55. The summed E-state index contributed by atoms with van der Waals surface area (Å²) in [6.45, 7) is 5.25. The molecule has 2 heterocycles. The Labute approximate surface area is 162 Å². The highest BCUT2D eigenvalue weighted by Crippen LogP contribution is 2.48. The molecule has 1 aromatic heterocycles. The molecule has 0 saturated carbocycles. The number of aromatic nitrogens is 2. The molecule has 13 heteroatoms. The lowest BCUT2D eigenvalue weighted by Crippen LogP contribution is -2.30. The standard InChI is InChI=1S/C15H24N5O7P/c1-4-24-28(22,25-5-2)9-23-14-10(3)7-17-15(18-14)27-11-6-13(19-20-16)26-12(11)8-21/h7,11-13,21H,4-6,8-9H2,1-3H3/t11-,12-,13-/m1/s1. The molecule has 28 heavy (non-hydrogen) atoms. The van der Waals surface area contributed by atoms with Crippen LogP contribution in [0.15, 0.2) is 11.3 Å². The number of ether oxygens (including phenoxy) is 3. The Morgan fingerprint density at radius 3 is 2.75 bits per heavy atom. The van der Waals surface area contributed by atoms with Crippen LogP contribution in [0.1, 0.15) is 25.8 Å². The molecule has 0 spiro atoms. The first-order valence-electron chi connectivity index (χ1n) is 8.76. The second-order valence-corrected chi connectivity index (χ2v) is 7.77. The maximum atomic E-state index is 12.5. The van der Waals surface area contributed by atoms with E-state index >= 15 is 0 Å². The van der Waals surface area contributed by atoms with Crippen LogP contribution in [0.2, 0.25) is 0 Å². The van der Waals surface area contributed by atoms with Gasteiger partial charge in [0.25, 0.3) is 0 Å². The fourth-order valence-corrected chi connectivity index (χ4v) is 3.80. The maximum absolute atomic E-state index is 12.5. The number of azide groups is 1. The van der Waals surface area contributed by atoms with E-state index in [0.29, 0.717) is 5.56 Å². The average Bonchev–Trinajstić information content (AvgIpc) is 3.04. The van der Waals surface area contributed by atoms with E-state index in [1.807, 2.05) is 0 Å². The quantitative estimate of drug-likeness (QED) is 0.247. The number of rotatable bonds is 11. The average molecular weight is 417 g/mol. The van der Waals surface area contributed by atoms with Gasteiger partial charge in [-0.2, -0.15) is 4.98 Å². The van der Waals surface area contributed by atoms with Crippen LogP contribution in [0, 0.1) is 6.92 Å². The van der Waals surface area contributed by atoms with Crippen molar-refractivity contribution >= 4 is 7.60 Å². The van der Waals surface area contributed by atoms with Gasteiger partial charge in [-0.15, -0.1) is 0 Å². The fraction of sp³-hybridized carbons (Fsp3) is 0.733. The minimum Gasteiger partial charge on any atom is -0.464 e. The number of hydrogen-bond donors (Lipinski definition) is 1. The van der Waals surface area contributed by atoms with Gasteiger partial charge in [0.15, 0.2) is 6.35 Å². The molecule has 0 aromatic carbocycles. The number of nitrogens with zero attached hydrogens (tertiary/aromatic N) is 5. The summed E-state index contributed by atoms with van der Waals surface area (Å²) in [6, 6.07) is -0.0168. The van der Waals surface area contributed by atoms with Crippen LogP contribution in [0.25, 0.3) is 10.4 Å². The molecule has 0 bridgehead atoms. The molecule has 1 saturated heterocycles. The Kier molecular flexibility index (Phi) is 8.43. The van der Waals surface area contributed by atoms with E-state index < -0.39 is 26.0 Å². The smallest absolute Gasteiger partial charge is 0.367 e. The fourth-order valence-electron chi connectivity index (χ4n) is 2.51. The van der Waals surface area contributed by atoms with Crippen molar-refractivity contribution in [2.75, 3.05) is 26.2 Å². The molecule has 0 unspecified atom stereocenters. The first-order valence-corrected chi connectivity index (χ1v) is 10.5. The first kappa shape index (κ1) is 22.4. The number of hydrogen-bond acceptors (Lipinski definition) is 10. The lowest BCUT2D eigenvalue weighted by molar-refractivity contribution is -0.0157. The molecule has 12 nitrogen and oxygen atoms in total. The van der Waals surface area contributed by atoms with Gasteiger partial charge >= 0.3 is 13.6 Å². The Morgan fingerprint density at radius 1 is 1.43 bits per heavy atom. The van der Waals surface area contributed by atoms with Gasteiger partial charge in [-0.25, -0.2) is 4.98 Å². The van der Waals surface area contributed by atoms with Crippen LogP contribution < -0.4 is 9.47 Å². The Hall–Kier alpha value is -1.94. The van der Waals surface area contributed by atoms with E-state index in [4.69, 9.17) is 28.8 Å². The van der Waals surface area contributed by atoms with Crippen molar-refractivity contribution in [2.24, 2.45) is 5.11 Å². The summed E-state index contributed by atoms with van der Waals surface area (Å²) in [6.07, 6.45) is -0.603. The minimum absolute atomic E-state index is 0.0168. The molecule has 1 N–H and O–H groups in total. The SMILES string of the molecule is CCOP(=O)(COc1nc(O[C@@H]2C[C@H](N=[N+]=[N-])O[C@@H]2CO)ncc1C)OCC. The zero-order valence-corrected chi connectivity index (χ0v) is 16.8. The third-order valence-electron chi connectivity index (χ3n) is 3.71. The highest BCUT2D eigenvalue weighted by atomic mass is 31.2.